The van der Waals surface area contributed by atoms with Gasteiger partial charge >= 0.3 is 0 Å². The Labute approximate surface area is 109 Å². The molecule has 0 bridgehead atoms. The average molecular weight is 243 g/mol. The van der Waals surface area contributed by atoms with Crippen molar-refractivity contribution in [3.8, 4) is 0 Å². The first-order chi connectivity index (χ1) is 8.86. The van der Waals surface area contributed by atoms with Crippen LogP contribution in [-0.2, 0) is 0 Å². The standard InChI is InChI=1S/C15H21N3/c16-15(13-6-2-1-3-7-13)9-11-17-12-14-8-4-5-10-18-14/h1-3,6-7,9,11,14,18H,4-5,8,10,12,16H2/b15-9-,17-11?/t14-/m0/s1. The van der Waals surface area contributed by atoms with E-state index in [0.717, 1.165) is 24.4 Å². The Balaban J connectivity index is 1.82. The van der Waals surface area contributed by atoms with Gasteiger partial charge in [-0.15, -0.1) is 0 Å². The number of rotatable bonds is 4. The highest BCUT2D eigenvalue weighted by Crippen LogP contribution is 2.08. The van der Waals surface area contributed by atoms with Crippen LogP contribution in [0.1, 0.15) is 24.8 Å². The summed E-state index contributed by atoms with van der Waals surface area (Å²) in [6, 6.07) is 10.5. The molecular formula is C15H21N3. The third-order valence-corrected chi connectivity index (χ3v) is 3.20. The third kappa shape index (κ3) is 4.00. The zero-order chi connectivity index (χ0) is 12.6. The van der Waals surface area contributed by atoms with Gasteiger partial charge in [-0.2, -0.15) is 0 Å². The molecule has 96 valence electrons. The van der Waals surface area contributed by atoms with Gasteiger partial charge in [0, 0.05) is 18.0 Å². The molecule has 0 saturated carbocycles. The maximum Gasteiger partial charge on any atom is 0.0542 e. The van der Waals surface area contributed by atoms with Gasteiger partial charge in [0.25, 0.3) is 0 Å². The zero-order valence-corrected chi connectivity index (χ0v) is 10.7. The topological polar surface area (TPSA) is 50.4 Å². The van der Waals surface area contributed by atoms with Gasteiger partial charge < -0.3 is 11.1 Å². The summed E-state index contributed by atoms with van der Waals surface area (Å²) in [6.45, 7) is 1.97. The predicted molar refractivity (Wildman–Crippen MR) is 77.6 cm³/mol. The predicted octanol–water partition coefficient (Wildman–Crippen LogP) is 2.20. The Morgan fingerprint density at radius 2 is 2.17 bits per heavy atom. The summed E-state index contributed by atoms with van der Waals surface area (Å²) in [4.78, 5) is 4.42. The summed E-state index contributed by atoms with van der Waals surface area (Å²) in [6.07, 6.45) is 7.53. The SMILES string of the molecule is N/C(=C\C=NC[C@@H]1CCCCN1)c1ccccc1. The molecule has 0 unspecified atom stereocenters. The Hall–Kier alpha value is -1.61. The molecule has 3 heteroatoms. The molecule has 0 spiro atoms. The van der Waals surface area contributed by atoms with Crippen LogP contribution in [0, 0.1) is 0 Å². The molecule has 0 radical (unpaired) electrons. The normalized spacial score (nSPS) is 21.3. The number of nitrogens with one attached hydrogen (secondary N) is 1. The van der Waals surface area contributed by atoms with E-state index in [4.69, 9.17) is 5.73 Å². The summed E-state index contributed by atoms with van der Waals surface area (Å²) >= 11 is 0. The lowest BCUT2D eigenvalue weighted by Crippen LogP contribution is -2.36. The van der Waals surface area contributed by atoms with Crippen molar-refractivity contribution in [3.05, 3.63) is 42.0 Å². The smallest absolute Gasteiger partial charge is 0.0542 e. The first-order valence-corrected chi connectivity index (χ1v) is 6.60. The highest BCUT2D eigenvalue weighted by molar-refractivity contribution is 5.83. The lowest BCUT2D eigenvalue weighted by molar-refractivity contribution is 0.408. The summed E-state index contributed by atoms with van der Waals surface area (Å²) in [5, 5.41) is 3.47. The van der Waals surface area contributed by atoms with Crippen molar-refractivity contribution in [2.45, 2.75) is 25.3 Å². The fourth-order valence-electron chi connectivity index (χ4n) is 2.13. The molecule has 0 aromatic heterocycles. The number of piperidine rings is 1. The Morgan fingerprint density at radius 1 is 1.33 bits per heavy atom. The molecule has 0 amide bonds. The number of hydrogen-bond donors (Lipinski definition) is 2. The maximum absolute atomic E-state index is 5.97. The second kappa shape index (κ2) is 6.97. The average Bonchev–Trinajstić information content (AvgIpc) is 2.45. The van der Waals surface area contributed by atoms with Crippen molar-refractivity contribution in [3.63, 3.8) is 0 Å². The van der Waals surface area contributed by atoms with E-state index in [9.17, 15) is 0 Å². The van der Waals surface area contributed by atoms with Gasteiger partial charge in [-0.3, -0.25) is 4.99 Å². The van der Waals surface area contributed by atoms with Crippen molar-refractivity contribution in [1.29, 1.82) is 0 Å². The van der Waals surface area contributed by atoms with E-state index in [0.29, 0.717) is 6.04 Å². The van der Waals surface area contributed by atoms with E-state index in [2.05, 4.69) is 10.3 Å². The van der Waals surface area contributed by atoms with E-state index in [1.807, 2.05) is 42.6 Å². The van der Waals surface area contributed by atoms with Gasteiger partial charge in [-0.25, -0.2) is 0 Å². The van der Waals surface area contributed by atoms with Crippen molar-refractivity contribution in [2.24, 2.45) is 10.7 Å². The van der Waals surface area contributed by atoms with Crippen molar-refractivity contribution >= 4 is 11.9 Å². The minimum Gasteiger partial charge on any atom is -0.398 e. The van der Waals surface area contributed by atoms with Crippen molar-refractivity contribution < 1.29 is 0 Å². The van der Waals surface area contributed by atoms with Crippen LogP contribution in [0.5, 0.6) is 0 Å². The van der Waals surface area contributed by atoms with Crippen LogP contribution < -0.4 is 11.1 Å². The maximum atomic E-state index is 5.97. The number of benzene rings is 1. The number of aliphatic imine (C=N–C) groups is 1. The monoisotopic (exact) mass is 243 g/mol. The molecule has 3 N–H and O–H groups in total. The molecule has 1 fully saturated rings. The van der Waals surface area contributed by atoms with Gasteiger partial charge in [-0.1, -0.05) is 36.8 Å². The number of nitrogens with zero attached hydrogens (tertiary/aromatic N) is 1. The molecule has 18 heavy (non-hydrogen) atoms. The summed E-state index contributed by atoms with van der Waals surface area (Å²) in [5.41, 5.74) is 7.77. The van der Waals surface area contributed by atoms with Gasteiger partial charge in [0.05, 0.1) is 6.54 Å². The molecular weight excluding hydrogens is 222 g/mol. The largest absolute Gasteiger partial charge is 0.398 e. The van der Waals surface area contributed by atoms with Crippen LogP contribution in [0.4, 0.5) is 0 Å². The lowest BCUT2D eigenvalue weighted by Gasteiger charge is -2.21. The minimum atomic E-state index is 0.543. The fraction of sp³-hybridized carbons (Fsp3) is 0.400. The molecule has 1 aromatic rings. The molecule has 0 aliphatic carbocycles. The first kappa shape index (κ1) is 12.8. The van der Waals surface area contributed by atoms with Gasteiger partial charge in [0.2, 0.25) is 0 Å². The van der Waals surface area contributed by atoms with Crippen molar-refractivity contribution in [2.75, 3.05) is 13.1 Å². The summed E-state index contributed by atoms with van der Waals surface area (Å²) in [7, 11) is 0. The Bertz CT molecular complexity index is 403. The molecule has 1 heterocycles. The Morgan fingerprint density at radius 3 is 2.89 bits per heavy atom. The Kier molecular flexibility index (Phi) is 4.97. The van der Waals surface area contributed by atoms with E-state index in [1.165, 1.54) is 19.3 Å². The van der Waals surface area contributed by atoms with E-state index in [-0.39, 0.29) is 0 Å². The molecule has 1 atom stereocenters. The van der Waals surface area contributed by atoms with Crippen LogP contribution in [0.2, 0.25) is 0 Å². The zero-order valence-electron chi connectivity index (χ0n) is 10.7. The van der Waals surface area contributed by atoms with E-state index < -0.39 is 0 Å². The van der Waals surface area contributed by atoms with E-state index in [1.54, 1.807) is 0 Å². The van der Waals surface area contributed by atoms with Crippen LogP contribution in [0.25, 0.3) is 5.70 Å². The van der Waals surface area contributed by atoms with Crippen LogP contribution >= 0.6 is 0 Å². The van der Waals surface area contributed by atoms with Crippen LogP contribution in [0.15, 0.2) is 41.4 Å². The molecule has 2 rings (SSSR count). The minimum absolute atomic E-state index is 0.543. The van der Waals surface area contributed by atoms with Gasteiger partial charge in [-0.05, 0) is 31.0 Å². The number of hydrogen-bond acceptors (Lipinski definition) is 3. The summed E-state index contributed by atoms with van der Waals surface area (Å²) < 4.78 is 0. The molecule has 1 saturated heterocycles. The first-order valence-electron chi connectivity index (χ1n) is 6.60. The highest BCUT2D eigenvalue weighted by Gasteiger charge is 2.10. The second-order valence-electron chi connectivity index (χ2n) is 4.65. The highest BCUT2D eigenvalue weighted by atomic mass is 14.9. The van der Waals surface area contributed by atoms with Crippen molar-refractivity contribution in [1.82, 2.24) is 5.32 Å². The van der Waals surface area contributed by atoms with Crippen LogP contribution in [0.3, 0.4) is 0 Å². The summed E-state index contributed by atoms with van der Waals surface area (Å²) in [5.74, 6) is 0. The van der Waals surface area contributed by atoms with Gasteiger partial charge in [0.15, 0.2) is 0 Å². The quantitative estimate of drug-likeness (QED) is 0.796. The molecule has 1 aliphatic rings. The molecule has 3 nitrogen and oxygen atoms in total. The molecule has 1 aliphatic heterocycles. The molecule has 1 aromatic carbocycles. The van der Waals surface area contributed by atoms with Gasteiger partial charge in [0.1, 0.15) is 0 Å². The second-order valence-corrected chi connectivity index (χ2v) is 4.65. The number of allylic oxidation sites excluding steroid dienone is 1. The fourth-order valence-corrected chi connectivity index (χ4v) is 2.13. The van der Waals surface area contributed by atoms with Crippen LogP contribution in [-0.4, -0.2) is 25.3 Å². The third-order valence-electron chi connectivity index (χ3n) is 3.20. The van der Waals surface area contributed by atoms with E-state index >= 15 is 0 Å². The number of nitrogens with two attached hydrogens (primary N) is 1. The lowest BCUT2D eigenvalue weighted by atomic mass is 10.1.